The van der Waals surface area contributed by atoms with Gasteiger partial charge in [0, 0.05) is 17.8 Å². The number of anilines is 2. The minimum atomic E-state index is -3.72. The van der Waals surface area contributed by atoms with Crippen molar-refractivity contribution in [2.75, 3.05) is 36.8 Å². The van der Waals surface area contributed by atoms with Crippen LogP contribution in [-0.4, -0.2) is 51.4 Å². The first-order valence-corrected chi connectivity index (χ1v) is 13.5. The Morgan fingerprint density at radius 2 is 1.61 bits per heavy atom. The Morgan fingerprint density at radius 3 is 2.25 bits per heavy atom. The lowest BCUT2D eigenvalue weighted by atomic mass is 10.2. The number of nitrogens with zero attached hydrogens (tertiary/aromatic N) is 3. The van der Waals surface area contributed by atoms with Crippen LogP contribution in [0, 0.1) is 6.92 Å². The lowest BCUT2D eigenvalue weighted by molar-refractivity contribution is 0.0986. The van der Waals surface area contributed by atoms with E-state index < -0.39 is 10.0 Å². The minimum absolute atomic E-state index is 0. The van der Waals surface area contributed by atoms with Crippen molar-refractivity contribution in [3.63, 3.8) is 0 Å². The Labute approximate surface area is 222 Å². The van der Waals surface area contributed by atoms with Gasteiger partial charge in [0.2, 0.25) is 0 Å². The van der Waals surface area contributed by atoms with Gasteiger partial charge in [0.25, 0.3) is 15.9 Å². The van der Waals surface area contributed by atoms with Gasteiger partial charge in [-0.25, -0.2) is 13.4 Å². The maximum absolute atomic E-state index is 13.5. The highest BCUT2D eigenvalue weighted by molar-refractivity contribution is 7.92. The third-order valence-electron chi connectivity index (χ3n) is 5.46. The Morgan fingerprint density at radius 1 is 0.944 bits per heavy atom. The van der Waals surface area contributed by atoms with E-state index in [1.54, 1.807) is 53.4 Å². The molecule has 3 aromatic carbocycles. The van der Waals surface area contributed by atoms with Crippen LogP contribution < -0.4 is 9.62 Å². The molecule has 7 nitrogen and oxygen atoms in total. The van der Waals surface area contributed by atoms with E-state index in [2.05, 4.69) is 14.6 Å². The minimum Gasteiger partial charge on any atom is -0.309 e. The van der Waals surface area contributed by atoms with Gasteiger partial charge in [-0.15, -0.1) is 12.4 Å². The van der Waals surface area contributed by atoms with Crippen molar-refractivity contribution in [1.82, 2.24) is 9.88 Å². The molecule has 0 spiro atoms. The highest BCUT2D eigenvalue weighted by Crippen LogP contribution is 2.30. The van der Waals surface area contributed by atoms with Crippen molar-refractivity contribution in [2.24, 2.45) is 0 Å². The number of hydrogen-bond acceptors (Lipinski definition) is 6. The van der Waals surface area contributed by atoms with Crippen molar-refractivity contribution < 1.29 is 13.2 Å². The van der Waals surface area contributed by atoms with Crippen LogP contribution in [0.15, 0.2) is 77.7 Å². The number of benzene rings is 3. The molecule has 4 rings (SSSR count). The molecular formula is C26H29ClN4O3S2. The number of amides is 1. The quantitative estimate of drug-likeness (QED) is 0.304. The number of aromatic nitrogens is 1. The molecule has 0 aliphatic rings. The topological polar surface area (TPSA) is 82.6 Å². The van der Waals surface area contributed by atoms with Gasteiger partial charge in [-0.05, 0) is 82.5 Å². The number of carbonyl (C=O) groups excluding carboxylic acids is 1. The first kappa shape index (κ1) is 27.6. The molecule has 0 saturated carbocycles. The van der Waals surface area contributed by atoms with Gasteiger partial charge in [-0.2, -0.15) is 0 Å². The van der Waals surface area contributed by atoms with E-state index in [1.165, 1.54) is 11.3 Å². The molecule has 4 aromatic rings. The predicted octanol–water partition coefficient (Wildman–Crippen LogP) is 5.43. The summed E-state index contributed by atoms with van der Waals surface area (Å²) in [5, 5.41) is 0.652. The van der Waals surface area contributed by atoms with Crippen LogP contribution >= 0.6 is 23.7 Å². The van der Waals surface area contributed by atoms with E-state index in [1.807, 2.05) is 45.3 Å². The molecule has 1 N–H and O–H groups in total. The van der Waals surface area contributed by atoms with Crippen LogP contribution in [0.5, 0.6) is 0 Å². The number of halogens is 1. The molecule has 0 radical (unpaired) electrons. The number of nitrogens with one attached hydrogen (secondary N) is 1. The maximum Gasteiger partial charge on any atom is 0.261 e. The molecule has 10 heteroatoms. The lowest BCUT2D eigenvalue weighted by Crippen LogP contribution is -2.33. The van der Waals surface area contributed by atoms with Gasteiger partial charge < -0.3 is 4.90 Å². The zero-order chi connectivity index (χ0) is 25.0. The van der Waals surface area contributed by atoms with Gasteiger partial charge in [0.1, 0.15) is 0 Å². The predicted molar refractivity (Wildman–Crippen MR) is 150 cm³/mol. The molecule has 1 heterocycles. The number of rotatable bonds is 9. The normalized spacial score (nSPS) is 11.3. The summed E-state index contributed by atoms with van der Waals surface area (Å²) in [5.74, 6) is -0.171. The van der Waals surface area contributed by atoms with E-state index in [4.69, 9.17) is 0 Å². The van der Waals surface area contributed by atoms with Gasteiger partial charge in [-0.3, -0.25) is 14.4 Å². The molecule has 0 unspecified atom stereocenters. The van der Waals surface area contributed by atoms with E-state index in [-0.39, 0.29) is 23.2 Å². The lowest BCUT2D eigenvalue weighted by Gasteiger charge is -2.21. The summed E-state index contributed by atoms with van der Waals surface area (Å²) in [5.41, 5.74) is 2.70. The average Bonchev–Trinajstić information content (AvgIpc) is 3.26. The average molecular weight is 545 g/mol. The summed E-state index contributed by atoms with van der Waals surface area (Å²) >= 11 is 1.49. The molecule has 0 fully saturated rings. The molecule has 190 valence electrons. The number of hydrogen-bond donors (Lipinski definition) is 1. The Bertz CT molecular complexity index is 1390. The Balaban J connectivity index is 0.00000361. The van der Waals surface area contributed by atoms with Crippen LogP contribution in [0.3, 0.4) is 0 Å². The second-order valence-corrected chi connectivity index (χ2v) is 11.3. The summed E-state index contributed by atoms with van der Waals surface area (Å²) in [7, 11) is 0.285. The van der Waals surface area contributed by atoms with E-state index in [9.17, 15) is 13.2 Å². The second kappa shape index (κ2) is 11.8. The molecule has 0 atom stereocenters. The van der Waals surface area contributed by atoms with Crippen molar-refractivity contribution >= 4 is 60.7 Å². The molecule has 1 amide bonds. The van der Waals surface area contributed by atoms with Crippen LogP contribution in [0.1, 0.15) is 22.3 Å². The van der Waals surface area contributed by atoms with Gasteiger partial charge in [0.05, 0.1) is 15.1 Å². The highest BCUT2D eigenvalue weighted by atomic mass is 35.5. The van der Waals surface area contributed by atoms with Gasteiger partial charge in [0.15, 0.2) is 5.13 Å². The fourth-order valence-electron chi connectivity index (χ4n) is 3.57. The van der Waals surface area contributed by atoms with Crippen LogP contribution in [0.4, 0.5) is 10.8 Å². The van der Waals surface area contributed by atoms with Crippen molar-refractivity contribution in [3.05, 3.63) is 83.9 Å². The van der Waals surface area contributed by atoms with Crippen LogP contribution in [0.25, 0.3) is 10.2 Å². The van der Waals surface area contributed by atoms with E-state index in [0.717, 1.165) is 28.7 Å². The maximum atomic E-state index is 13.5. The highest BCUT2D eigenvalue weighted by Gasteiger charge is 2.22. The summed E-state index contributed by atoms with van der Waals surface area (Å²) in [6.07, 6.45) is 0.795. The van der Waals surface area contributed by atoms with Gasteiger partial charge in [-0.1, -0.05) is 41.2 Å². The Hall–Kier alpha value is -2.98. The number of aryl methyl sites for hydroxylation is 1. The number of fused-ring (bicyclic) bond motifs is 1. The molecule has 36 heavy (non-hydrogen) atoms. The third kappa shape index (κ3) is 6.61. The fourth-order valence-corrected chi connectivity index (χ4v) is 5.62. The zero-order valence-electron chi connectivity index (χ0n) is 20.3. The van der Waals surface area contributed by atoms with Crippen molar-refractivity contribution in [1.29, 1.82) is 0 Å². The largest absolute Gasteiger partial charge is 0.309 e. The summed E-state index contributed by atoms with van der Waals surface area (Å²) in [6.45, 7) is 3.27. The number of sulfonamides is 1. The van der Waals surface area contributed by atoms with Gasteiger partial charge >= 0.3 is 0 Å². The number of para-hydroxylation sites is 1. The molecule has 1 aromatic heterocycles. The number of carbonyl (C=O) groups is 1. The molecular weight excluding hydrogens is 516 g/mol. The van der Waals surface area contributed by atoms with Crippen molar-refractivity contribution in [3.8, 4) is 0 Å². The first-order valence-electron chi connectivity index (χ1n) is 11.2. The van der Waals surface area contributed by atoms with E-state index >= 15 is 0 Å². The molecule has 0 aliphatic heterocycles. The SMILES string of the molecule is Cc1ccc(S(=O)(=O)Nc2ccc(C(=O)N(CCCN(C)C)c3nc4ccccc4s3)cc2)cc1.Cl. The standard InChI is InChI=1S/C26H28N4O3S2.ClH/c1-19-9-15-22(16-10-19)35(32,33)28-21-13-11-20(12-14-21)25(31)30(18-6-17-29(2)3)26-27-23-7-4-5-8-24(23)34-26;/h4-5,7-16,28H,6,17-18H2,1-3H3;1H. The summed E-state index contributed by atoms with van der Waals surface area (Å²) in [6, 6.07) is 21.0. The molecule has 0 bridgehead atoms. The monoisotopic (exact) mass is 544 g/mol. The second-order valence-electron chi connectivity index (χ2n) is 8.57. The summed E-state index contributed by atoms with van der Waals surface area (Å²) < 4.78 is 29.0. The zero-order valence-corrected chi connectivity index (χ0v) is 22.8. The smallest absolute Gasteiger partial charge is 0.261 e. The van der Waals surface area contributed by atoms with E-state index in [0.29, 0.717) is 22.9 Å². The number of thiazole rings is 1. The van der Waals surface area contributed by atoms with Crippen LogP contribution in [0.2, 0.25) is 0 Å². The Kier molecular flexibility index (Phi) is 9.08. The van der Waals surface area contributed by atoms with Crippen LogP contribution in [-0.2, 0) is 10.0 Å². The fraction of sp³-hybridized carbons (Fsp3) is 0.231. The molecule has 0 saturated heterocycles. The molecule has 0 aliphatic carbocycles. The first-order chi connectivity index (χ1) is 16.7. The third-order valence-corrected chi connectivity index (χ3v) is 7.92. The van der Waals surface area contributed by atoms with Crippen molar-refractivity contribution in [2.45, 2.75) is 18.2 Å². The summed E-state index contributed by atoms with van der Waals surface area (Å²) in [4.78, 5) is 22.1.